The molecular weight excluding hydrogens is 350 g/mol. The van der Waals surface area contributed by atoms with Crippen LogP contribution in [-0.2, 0) is 0 Å². The number of halogens is 1. The largest absolute Gasteiger partial charge is 0.207 e. The summed E-state index contributed by atoms with van der Waals surface area (Å²) in [5.41, 5.74) is 1.23. The molecule has 0 aliphatic carbocycles. The molecule has 0 N–H and O–H groups in total. The van der Waals surface area contributed by atoms with Crippen LogP contribution >= 0.6 is 7.26 Å². The highest BCUT2D eigenvalue weighted by Crippen LogP contribution is 2.54. The van der Waals surface area contributed by atoms with E-state index in [0.717, 1.165) is 5.30 Å². The maximum absolute atomic E-state index is 13.7. The zero-order chi connectivity index (χ0) is 18.7. The molecule has 4 aromatic carbocycles. The molecule has 0 heterocycles. The van der Waals surface area contributed by atoms with Crippen LogP contribution in [0.1, 0.15) is 5.56 Å². The topological polar surface area (TPSA) is 0 Å². The SMILES string of the molecule is Cc1ccc([P+](c2ccccc2)(c2ccccc2)c2ccc(F)cc2)cc1. The van der Waals surface area contributed by atoms with Crippen molar-refractivity contribution in [3.05, 3.63) is 121 Å². The van der Waals surface area contributed by atoms with Crippen LogP contribution in [0, 0.1) is 12.7 Å². The van der Waals surface area contributed by atoms with Gasteiger partial charge in [-0.3, -0.25) is 0 Å². The monoisotopic (exact) mass is 371 g/mol. The van der Waals surface area contributed by atoms with Gasteiger partial charge in [0.1, 0.15) is 34.3 Å². The van der Waals surface area contributed by atoms with Gasteiger partial charge >= 0.3 is 0 Å². The molecule has 0 amide bonds. The highest BCUT2D eigenvalue weighted by atomic mass is 31.2. The Hall–Kier alpha value is -2.76. The molecule has 27 heavy (non-hydrogen) atoms. The number of hydrogen-bond donors (Lipinski definition) is 0. The lowest BCUT2D eigenvalue weighted by Gasteiger charge is -2.27. The molecule has 132 valence electrons. The summed E-state index contributed by atoms with van der Waals surface area (Å²) in [5.74, 6) is -0.207. The second-order valence-electron chi connectivity index (χ2n) is 6.65. The number of benzene rings is 4. The highest BCUT2D eigenvalue weighted by molar-refractivity contribution is 8.01. The Morgan fingerprint density at radius 2 is 0.852 bits per heavy atom. The van der Waals surface area contributed by atoms with E-state index in [9.17, 15) is 4.39 Å². The highest BCUT2D eigenvalue weighted by Gasteiger charge is 2.47. The van der Waals surface area contributed by atoms with Crippen molar-refractivity contribution >= 4 is 28.5 Å². The summed E-state index contributed by atoms with van der Waals surface area (Å²) in [6.45, 7) is 2.10. The van der Waals surface area contributed by atoms with E-state index in [-0.39, 0.29) is 5.82 Å². The molecule has 0 spiro atoms. The fraction of sp³-hybridized carbons (Fsp3) is 0.0400. The van der Waals surface area contributed by atoms with Crippen LogP contribution in [0.5, 0.6) is 0 Å². The Morgan fingerprint density at radius 1 is 0.481 bits per heavy atom. The van der Waals surface area contributed by atoms with Crippen molar-refractivity contribution in [3.8, 4) is 0 Å². The molecule has 0 aromatic heterocycles. The van der Waals surface area contributed by atoms with Gasteiger partial charge < -0.3 is 0 Å². The van der Waals surface area contributed by atoms with Crippen LogP contribution in [0.15, 0.2) is 109 Å². The molecule has 0 aliphatic rings. The second kappa shape index (κ2) is 7.47. The molecule has 0 nitrogen and oxygen atoms in total. The van der Waals surface area contributed by atoms with Crippen molar-refractivity contribution in [2.75, 3.05) is 0 Å². The van der Waals surface area contributed by atoms with Gasteiger partial charge in [0.05, 0.1) is 0 Å². The van der Waals surface area contributed by atoms with E-state index < -0.39 is 7.26 Å². The second-order valence-corrected chi connectivity index (χ2v) is 10.1. The third-order valence-electron chi connectivity index (χ3n) is 4.92. The molecule has 0 atom stereocenters. The molecular formula is C25H21FP+. The number of rotatable bonds is 4. The fourth-order valence-corrected chi connectivity index (χ4v) is 7.85. The van der Waals surface area contributed by atoms with Gasteiger partial charge in [-0.25, -0.2) is 4.39 Å². The third kappa shape index (κ3) is 3.20. The van der Waals surface area contributed by atoms with Gasteiger partial charge in [-0.1, -0.05) is 54.1 Å². The van der Waals surface area contributed by atoms with E-state index in [4.69, 9.17) is 0 Å². The molecule has 0 radical (unpaired) electrons. The minimum absolute atomic E-state index is 0.207. The molecule has 0 bridgehead atoms. The van der Waals surface area contributed by atoms with Crippen molar-refractivity contribution in [2.45, 2.75) is 6.92 Å². The third-order valence-corrected chi connectivity index (χ3v) is 9.21. The van der Waals surface area contributed by atoms with Crippen molar-refractivity contribution in [3.63, 3.8) is 0 Å². The predicted molar refractivity (Wildman–Crippen MR) is 116 cm³/mol. The Balaban J connectivity index is 2.11. The summed E-state index contributed by atoms with van der Waals surface area (Å²) in [6.07, 6.45) is 0. The zero-order valence-electron chi connectivity index (χ0n) is 15.2. The first-order valence-corrected chi connectivity index (χ1v) is 10.8. The van der Waals surface area contributed by atoms with Crippen LogP contribution in [0.25, 0.3) is 0 Å². The quantitative estimate of drug-likeness (QED) is 0.454. The van der Waals surface area contributed by atoms with Gasteiger partial charge in [0.25, 0.3) is 0 Å². The summed E-state index contributed by atoms with van der Waals surface area (Å²) in [7, 11) is -2.11. The normalized spacial score (nSPS) is 11.3. The first kappa shape index (κ1) is 17.6. The standard InChI is InChI=1S/C25H21FP/c1-20-12-16-24(17-13-20)27(22-8-4-2-5-9-22,23-10-6-3-7-11-23)25-18-14-21(26)15-19-25/h2-19H,1H3/q+1. The first-order chi connectivity index (χ1) is 13.2. The lowest BCUT2D eigenvalue weighted by Crippen LogP contribution is -2.38. The Bertz CT molecular complexity index is 920. The molecule has 0 unspecified atom stereocenters. The van der Waals surface area contributed by atoms with E-state index in [0.29, 0.717) is 0 Å². The van der Waals surface area contributed by atoms with Gasteiger partial charge in [0.2, 0.25) is 0 Å². The van der Waals surface area contributed by atoms with Gasteiger partial charge in [-0.2, -0.15) is 0 Å². The van der Waals surface area contributed by atoms with Crippen molar-refractivity contribution in [1.82, 2.24) is 0 Å². The summed E-state index contributed by atoms with van der Waals surface area (Å²) in [5, 5.41) is 4.97. The van der Waals surface area contributed by atoms with Crippen LogP contribution in [-0.4, -0.2) is 0 Å². The Morgan fingerprint density at radius 3 is 1.30 bits per heavy atom. The van der Waals surface area contributed by atoms with Gasteiger partial charge in [0.15, 0.2) is 0 Å². The fourth-order valence-electron chi connectivity index (χ4n) is 3.63. The minimum Gasteiger partial charge on any atom is -0.207 e. The lowest BCUT2D eigenvalue weighted by molar-refractivity contribution is 0.628. The lowest BCUT2D eigenvalue weighted by atomic mass is 10.2. The van der Waals surface area contributed by atoms with Gasteiger partial charge in [0, 0.05) is 0 Å². The predicted octanol–water partition coefficient (Wildman–Crippen LogP) is 4.75. The van der Waals surface area contributed by atoms with Crippen LogP contribution in [0.4, 0.5) is 4.39 Å². The van der Waals surface area contributed by atoms with E-state index in [1.54, 1.807) is 12.1 Å². The Kier molecular flexibility index (Phi) is 4.88. The summed E-state index contributed by atoms with van der Waals surface area (Å²) < 4.78 is 13.7. The van der Waals surface area contributed by atoms with E-state index in [1.165, 1.54) is 21.5 Å². The molecule has 0 saturated carbocycles. The van der Waals surface area contributed by atoms with E-state index in [2.05, 4.69) is 79.7 Å². The van der Waals surface area contributed by atoms with Crippen LogP contribution in [0.2, 0.25) is 0 Å². The number of aryl methyl sites for hydroxylation is 1. The molecule has 0 saturated heterocycles. The summed E-state index contributed by atoms with van der Waals surface area (Å²) >= 11 is 0. The zero-order valence-corrected chi connectivity index (χ0v) is 16.1. The van der Waals surface area contributed by atoms with E-state index in [1.807, 2.05) is 24.3 Å². The van der Waals surface area contributed by atoms with E-state index >= 15 is 0 Å². The molecule has 0 aliphatic heterocycles. The smallest absolute Gasteiger partial charge is 0.144 e. The molecule has 2 heteroatoms. The van der Waals surface area contributed by atoms with Crippen LogP contribution in [0.3, 0.4) is 0 Å². The maximum atomic E-state index is 13.7. The summed E-state index contributed by atoms with van der Waals surface area (Å²) in [6, 6.07) is 37.1. The van der Waals surface area contributed by atoms with Crippen molar-refractivity contribution in [1.29, 1.82) is 0 Å². The minimum atomic E-state index is -2.11. The number of hydrogen-bond acceptors (Lipinski definition) is 0. The first-order valence-electron chi connectivity index (χ1n) is 9.05. The maximum Gasteiger partial charge on any atom is 0.144 e. The van der Waals surface area contributed by atoms with Gasteiger partial charge in [-0.15, -0.1) is 0 Å². The average molecular weight is 371 g/mol. The molecule has 0 fully saturated rings. The average Bonchev–Trinajstić information content (AvgIpc) is 2.73. The van der Waals surface area contributed by atoms with Crippen LogP contribution < -0.4 is 21.2 Å². The molecule has 4 aromatic rings. The molecule has 4 rings (SSSR count). The Labute approximate surface area is 160 Å². The van der Waals surface area contributed by atoms with Gasteiger partial charge in [-0.05, 0) is 67.6 Å². The van der Waals surface area contributed by atoms with Crippen molar-refractivity contribution < 1.29 is 4.39 Å². The summed E-state index contributed by atoms with van der Waals surface area (Å²) in [4.78, 5) is 0. The van der Waals surface area contributed by atoms with Crippen molar-refractivity contribution in [2.24, 2.45) is 0 Å².